The summed E-state index contributed by atoms with van der Waals surface area (Å²) in [5.74, 6) is 3.33. The molecular formula is C15H22N2S. The van der Waals surface area contributed by atoms with E-state index in [1.165, 1.54) is 36.5 Å². The lowest BCUT2D eigenvalue weighted by molar-refractivity contribution is 0.501. The maximum atomic E-state index is 3.70. The van der Waals surface area contributed by atoms with Crippen molar-refractivity contribution in [1.29, 1.82) is 0 Å². The molecule has 1 saturated carbocycles. The Bertz CT molecular complexity index is 362. The van der Waals surface area contributed by atoms with E-state index in [0.29, 0.717) is 0 Å². The van der Waals surface area contributed by atoms with Gasteiger partial charge in [-0.25, -0.2) is 0 Å². The molecule has 1 aromatic rings. The van der Waals surface area contributed by atoms with Crippen LogP contribution in [0.25, 0.3) is 0 Å². The Labute approximate surface area is 114 Å². The van der Waals surface area contributed by atoms with Crippen molar-refractivity contribution in [2.75, 3.05) is 24.6 Å². The van der Waals surface area contributed by atoms with Crippen molar-refractivity contribution < 1.29 is 0 Å². The van der Waals surface area contributed by atoms with Crippen molar-refractivity contribution >= 4 is 11.8 Å². The van der Waals surface area contributed by atoms with Crippen molar-refractivity contribution in [3.05, 3.63) is 35.9 Å². The van der Waals surface area contributed by atoms with Crippen LogP contribution in [0.2, 0.25) is 0 Å². The number of hydrogen-bond donors (Lipinski definition) is 2. The predicted octanol–water partition coefficient (Wildman–Crippen LogP) is 2.23. The molecule has 1 aliphatic carbocycles. The first-order valence-corrected chi connectivity index (χ1v) is 8.18. The molecule has 3 rings (SSSR count). The van der Waals surface area contributed by atoms with E-state index in [0.717, 1.165) is 24.5 Å². The Morgan fingerprint density at radius 1 is 1.28 bits per heavy atom. The second kappa shape index (κ2) is 6.09. The predicted molar refractivity (Wildman–Crippen MR) is 79.3 cm³/mol. The van der Waals surface area contributed by atoms with Crippen molar-refractivity contribution in [1.82, 2.24) is 10.6 Å². The summed E-state index contributed by atoms with van der Waals surface area (Å²) in [6.07, 6.45) is 2.59. The molecule has 2 N–H and O–H groups in total. The molecule has 2 fully saturated rings. The molecule has 0 spiro atoms. The van der Waals surface area contributed by atoms with Crippen LogP contribution in [0.3, 0.4) is 0 Å². The molecule has 3 heteroatoms. The minimum Gasteiger partial charge on any atom is -0.313 e. The third-order valence-corrected chi connectivity index (χ3v) is 5.05. The Kier molecular flexibility index (Phi) is 4.24. The van der Waals surface area contributed by atoms with Gasteiger partial charge < -0.3 is 10.6 Å². The van der Waals surface area contributed by atoms with Crippen LogP contribution in [0, 0.1) is 0 Å². The van der Waals surface area contributed by atoms with Crippen molar-refractivity contribution in [2.24, 2.45) is 0 Å². The fourth-order valence-corrected chi connectivity index (χ4v) is 3.74. The normalized spacial score (nSPS) is 31.2. The third-order valence-electron chi connectivity index (χ3n) is 3.92. The van der Waals surface area contributed by atoms with Crippen molar-refractivity contribution in [2.45, 2.75) is 30.8 Å². The van der Waals surface area contributed by atoms with Gasteiger partial charge in [0.15, 0.2) is 0 Å². The van der Waals surface area contributed by atoms with E-state index in [1.54, 1.807) is 0 Å². The summed E-state index contributed by atoms with van der Waals surface area (Å²) >= 11 is 2.08. The van der Waals surface area contributed by atoms with Gasteiger partial charge in [0.05, 0.1) is 0 Å². The van der Waals surface area contributed by atoms with Gasteiger partial charge in [0.25, 0.3) is 0 Å². The highest BCUT2D eigenvalue weighted by Crippen LogP contribution is 2.40. The molecule has 3 unspecified atom stereocenters. The SMILES string of the molecule is c1ccc(C2CC2NCCC2CSCCN2)cc1. The first kappa shape index (κ1) is 12.5. The van der Waals surface area contributed by atoms with Crippen molar-refractivity contribution in [3.8, 4) is 0 Å². The molecule has 3 atom stereocenters. The van der Waals surface area contributed by atoms with Crippen LogP contribution in [0.15, 0.2) is 30.3 Å². The highest BCUT2D eigenvalue weighted by Gasteiger charge is 2.37. The summed E-state index contributed by atoms with van der Waals surface area (Å²) in [6.45, 7) is 2.34. The summed E-state index contributed by atoms with van der Waals surface area (Å²) in [6, 6.07) is 12.4. The fourth-order valence-electron chi connectivity index (χ4n) is 2.74. The summed E-state index contributed by atoms with van der Waals surface area (Å²) in [7, 11) is 0. The maximum Gasteiger partial charge on any atom is 0.0170 e. The van der Waals surface area contributed by atoms with Gasteiger partial charge in [-0.15, -0.1) is 0 Å². The molecule has 2 nitrogen and oxygen atoms in total. The highest BCUT2D eigenvalue weighted by atomic mass is 32.2. The number of benzene rings is 1. The van der Waals surface area contributed by atoms with E-state index in [2.05, 4.69) is 52.7 Å². The fraction of sp³-hybridized carbons (Fsp3) is 0.600. The highest BCUT2D eigenvalue weighted by molar-refractivity contribution is 7.99. The van der Waals surface area contributed by atoms with Gasteiger partial charge in [0.1, 0.15) is 0 Å². The number of nitrogens with one attached hydrogen (secondary N) is 2. The van der Waals surface area contributed by atoms with Crippen LogP contribution in [0.5, 0.6) is 0 Å². The van der Waals surface area contributed by atoms with Gasteiger partial charge in [-0.2, -0.15) is 11.8 Å². The van der Waals surface area contributed by atoms with E-state index in [1.807, 2.05) is 0 Å². The zero-order valence-electron chi connectivity index (χ0n) is 10.8. The summed E-state index contributed by atoms with van der Waals surface area (Å²) < 4.78 is 0. The first-order valence-electron chi connectivity index (χ1n) is 7.03. The Balaban J connectivity index is 1.36. The van der Waals surface area contributed by atoms with E-state index >= 15 is 0 Å². The summed E-state index contributed by atoms with van der Waals surface area (Å²) in [5.41, 5.74) is 1.50. The van der Waals surface area contributed by atoms with Gasteiger partial charge in [0.2, 0.25) is 0 Å². The van der Waals surface area contributed by atoms with Crippen LogP contribution in [-0.2, 0) is 0 Å². The molecule has 1 heterocycles. The van der Waals surface area contributed by atoms with Crippen LogP contribution < -0.4 is 10.6 Å². The molecule has 1 saturated heterocycles. The van der Waals surface area contributed by atoms with E-state index in [9.17, 15) is 0 Å². The number of rotatable bonds is 5. The average Bonchev–Trinajstić information content (AvgIpc) is 3.21. The molecule has 0 aromatic heterocycles. The molecule has 0 amide bonds. The average molecular weight is 262 g/mol. The minimum absolute atomic E-state index is 0.726. The molecule has 98 valence electrons. The second-order valence-corrected chi connectivity index (χ2v) is 6.48. The molecular weight excluding hydrogens is 240 g/mol. The third kappa shape index (κ3) is 3.28. The van der Waals surface area contributed by atoms with Gasteiger partial charge in [-0.3, -0.25) is 0 Å². The van der Waals surface area contributed by atoms with Gasteiger partial charge >= 0.3 is 0 Å². The molecule has 18 heavy (non-hydrogen) atoms. The largest absolute Gasteiger partial charge is 0.313 e. The zero-order valence-corrected chi connectivity index (χ0v) is 11.6. The molecule has 2 aliphatic rings. The monoisotopic (exact) mass is 262 g/mol. The Morgan fingerprint density at radius 2 is 2.17 bits per heavy atom. The smallest absolute Gasteiger partial charge is 0.0170 e. The summed E-state index contributed by atoms with van der Waals surface area (Å²) in [4.78, 5) is 0. The molecule has 0 radical (unpaired) electrons. The van der Waals surface area contributed by atoms with Crippen LogP contribution >= 0.6 is 11.8 Å². The van der Waals surface area contributed by atoms with Crippen molar-refractivity contribution in [3.63, 3.8) is 0 Å². The van der Waals surface area contributed by atoms with Crippen LogP contribution in [0.1, 0.15) is 24.3 Å². The number of thioether (sulfide) groups is 1. The van der Waals surface area contributed by atoms with Crippen LogP contribution in [-0.4, -0.2) is 36.7 Å². The topological polar surface area (TPSA) is 24.1 Å². The zero-order chi connectivity index (χ0) is 12.2. The van der Waals surface area contributed by atoms with Gasteiger partial charge in [-0.1, -0.05) is 30.3 Å². The molecule has 1 aromatic carbocycles. The van der Waals surface area contributed by atoms with E-state index < -0.39 is 0 Å². The lowest BCUT2D eigenvalue weighted by atomic mass is 10.1. The van der Waals surface area contributed by atoms with E-state index in [-0.39, 0.29) is 0 Å². The summed E-state index contributed by atoms with van der Waals surface area (Å²) in [5, 5.41) is 7.30. The van der Waals surface area contributed by atoms with Crippen LogP contribution in [0.4, 0.5) is 0 Å². The lowest BCUT2D eigenvalue weighted by Crippen LogP contribution is -2.39. The minimum atomic E-state index is 0.726. The maximum absolute atomic E-state index is 3.70. The molecule has 0 bridgehead atoms. The number of hydrogen-bond acceptors (Lipinski definition) is 3. The molecule has 1 aliphatic heterocycles. The Morgan fingerprint density at radius 3 is 2.94 bits per heavy atom. The first-order chi connectivity index (χ1) is 8.93. The van der Waals surface area contributed by atoms with Gasteiger partial charge in [-0.05, 0) is 24.9 Å². The van der Waals surface area contributed by atoms with E-state index in [4.69, 9.17) is 0 Å². The van der Waals surface area contributed by atoms with Gasteiger partial charge in [0, 0.05) is 36.1 Å². The quantitative estimate of drug-likeness (QED) is 0.851. The second-order valence-electron chi connectivity index (χ2n) is 5.33. The standard InChI is InChI=1S/C15H22N2S/c1-2-4-12(5-3-1)14-10-15(14)17-7-6-13-11-18-9-8-16-13/h1-5,13-17H,6-11H2. The lowest BCUT2D eigenvalue weighted by Gasteiger charge is -2.23. The Hall–Kier alpha value is -0.510.